The number of rotatable bonds is 7. The molecule has 2 rings (SSSR count). The normalized spacial score (nSPS) is 13.2. The third-order valence-corrected chi connectivity index (χ3v) is 3.34. The van der Waals surface area contributed by atoms with Crippen LogP contribution >= 0.6 is 0 Å². The Bertz CT molecular complexity index is 553. The number of aryl methyl sites for hydroxylation is 1. The van der Waals surface area contributed by atoms with Crippen LogP contribution in [0.1, 0.15) is 12.6 Å². The van der Waals surface area contributed by atoms with Crippen molar-refractivity contribution < 1.29 is 9.84 Å². The Balaban J connectivity index is 2.13. The van der Waals surface area contributed by atoms with Crippen molar-refractivity contribution in [3.05, 3.63) is 30.0 Å². The molecule has 0 saturated heterocycles. The largest absolute Gasteiger partial charge is 0.389 e. The minimum atomic E-state index is -0.468. The van der Waals surface area contributed by atoms with E-state index in [9.17, 15) is 5.11 Å². The van der Waals surface area contributed by atoms with Crippen LogP contribution in [0.25, 0.3) is 10.9 Å². The van der Waals surface area contributed by atoms with Crippen molar-refractivity contribution in [3.8, 4) is 0 Å². The van der Waals surface area contributed by atoms with E-state index in [1.165, 1.54) is 5.39 Å². The maximum Gasteiger partial charge on any atom is 0.0900 e. The molecular formula is C15H23N3O2. The number of benzene rings is 1. The first-order valence-electron chi connectivity index (χ1n) is 6.95. The lowest BCUT2D eigenvalue weighted by molar-refractivity contribution is 0.0417. The van der Waals surface area contributed by atoms with Crippen molar-refractivity contribution in [2.24, 2.45) is 0 Å². The van der Waals surface area contributed by atoms with Crippen LogP contribution in [0.4, 0.5) is 0 Å². The van der Waals surface area contributed by atoms with E-state index >= 15 is 0 Å². The molecule has 1 unspecified atom stereocenters. The summed E-state index contributed by atoms with van der Waals surface area (Å²) in [5.74, 6) is 0. The molecule has 0 aliphatic carbocycles. The Morgan fingerprint density at radius 1 is 1.40 bits per heavy atom. The highest BCUT2D eigenvalue weighted by Crippen LogP contribution is 2.19. The maximum absolute atomic E-state index is 9.77. The number of likely N-dealkylation sites (N-methyl/N-ethyl adjacent to an activating group) is 1. The van der Waals surface area contributed by atoms with Gasteiger partial charge in [-0.15, -0.1) is 0 Å². The maximum atomic E-state index is 9.77. The molecular weight excluding hydrogens is 254 g/mol. The van der Waals surface area contributed by atoms with Crippen molar-refractivity contribution in [2.45, 2.75) is 26.1 Å². The summed E-state index contributed by atoms with van der Waals surface area (Å²) in [5, 5.41) is 15.6. The van der Waals surface area contributed by atoms with Crippen molar-refractivity contribution in [1.82, 2.24) is 14.7 Å². The average molecular weight is 277 g/mol. The summed E-state index contributed by atoms with van der Waals surface area (Å²) >= 11 is 0. The van der Waals surface area contributed by atoms with Gasteiger partial charge in [-0.2, -0.15) is 5.10 Å². The summed E-state index contributed by atoms with van der Waals surface area (Å²) in [4.78, 5) is 2.07. The fourth-order valence-electron chi connectivity index (χ4n) is 2.48. The molecule has 20 heavy (non-hydrogen) atoms. The van der Waals surface area contributed by atoms with E-state index in [2.05, 4.69) is 29.1 Å². The summed E-state index contributed by atoms with van der Waals surface area (Å²) in [6, 6.07) is 8.26. The van der Waals surface area contributed by atoms with Gasteiger partial charge in [-0.05, 0) is 20.0 Å². The Morgan fingerprint density at radius 2 is 2.15 bits per heavy atom. The molecule has 1 aromatic heterocycles. The zero-order valence-electron chi connectivity index (χ0n) is 12.4. The molecule has 5 heteroatoms. The van der Waals surface area contributed by atoms with Gasteiger partial charge < -0.3 is 9.84 Å². The molecule has 0 radical (unpaired) electrons. The average Bonchev–Trinajstić information content (AvgIpc) is 2.77. The van der Waals surface area contributed by atoms with E-state index in [4.69, 9.17) is 4.74 Å². The molecule has 0 spiro atoms. The van der Waals surface area contributed by atoms with Crippen LogP contribution in [0.5, 0.6) is 0 Å². The number of nitrogens with zero attached hydrogens (tertiary/aromatic N) is 3. The molecule has 1 heterocycles. The SMILES string of the molecule is CCn1nc(CN(C)CC(O)COC)c2ccccc21. The van der Waals surface area contributed by atoms with Gasteiger partial charge in [0.25, 0.3) is 0 Å². The van der Waals surface area contributed by atoms with Crippen LogP contribution in [-0.2, 0) is 17.8 Å². The van der Waals surface area contributed by atoms with E-state index in [0.29, 0.717) is 19.7 Å². The first-order valence-corrected chi connectivity index (χ1v) is 6.95. The molecule has 1 atom stereocenters. The van der Waals surface area contributed by atoms with Gasteiger partial charge in [0.05, 0.1) is 23.9 Å². The zero-order valence-corrected chi connectivity index (χ0v) is 12.4. The van der Waals surface area contributed by atoms with Gasteiger partial charge in [0.15, 0.2) is 0 Å². The topological polar surface area (TPSA) is 50.5 Å². The lowest BCUT2D eigenvalue weighted by Gasteiger charge is -2.19. The van der Waals surface area contributed by atoms with Crippen LogP contribution in [0.3, 0.4) is 0 Å². The third kappa shape index (κ3) is 3.36. The van der Waals surface area contributed by atoms with Gasteiger partial charge in [0.1, 0.15) is 0 Å². The molecule has 2 aromatic rings. The molecule has 110 valence electrons. The Labute approximate surface area is 119 Å². The number of aliphatic hydroxyl groups is 1. The van der Waals surface area contributed by atoms with Gasteiger partial charge in [-0.1, -0.05) is 18.2 Å². The molecule has 0 fully saturated rings. The molecule has 1 N–H and O–H groups in total. The molecule has 0 amide bonds. The highest BCUT2D eigenvalue weighted by atomic mass is 16.5. The number of hydrogen-bond donors (Lipinski definition) is 1. The lowest BCUT2D eigenvalue weighted by atomic mass is 10.2. The molecule has 0 aliphatic heterocycles. The van der Waals surface area contributed by atoms with Crippen LogP contribution in [-0.4, -0.2) is 53.2 Å². The number of aromatic nitrogens is 2. The zero-order chi connectivity index (χ0) is 14.5. The highest BCUT2D eigenvalue weighted by molar-refractivity contribution is 5.81. The standard InChI is InChI=1S/C15H23N3O2/c1-4-18-15-8-6-5-7-13(15)14(16-18)10-17(2)9-12(19)11-20-3/h5-8,12,19H,4,9-11H2,1-3H3. The van der Waals surface area contributed by atoms with E-state index in [1.807, 2.05) is 23.9 Å². The summed E-state index contributed by atoms with van der Waals surface area (Å²) in [6.45, 7) is 4.59. The van der Waals surface area contributed by atoms with Crippen LogP contribution < -0.4 is 0 Å². The number of aliphatic hydroxyl groups excluding tert-OH is 1. The number of fused-ring (bicyclic) bond motifs is 1. The van der Waals surface area contributed by atoms with E-state index in [-0.39, 0.29) is 0 Å². The minimum Gasteiger partial charge on any atom is -0.389 e. The summed E-state index contributed by atoms with van der Waals surface area (Å²) in [5.41, 5.74) is 2.21. The number of para-hydroxylation sites is 1. The predicted molar refractivity (Wildman–Crippen MR) is 79.6 cm³/mol. The van der Waals surface area contributed by atoms with Crippen LogP contribution in [0.2, 0.25) is 0 Å². The number of hydrogen-bond acceptors (Lipinski definition) is 4. The number of ether oxygens (including phenoxy) is 1. The van der Waals surface area contributed by atoms with E-state index < -0.39 is 6.10 Å². The van der Waals surface area contributed by atoms with E-state index in [1.54, 1.807) is 7.11 Å². The predicted octanol–water partition coefficient (Wildman–Crippen LogP) is 1.50. The fraction of sp³-hybridized carbons (Fsp3) is 0.533. The summed E-state index contributed by atoms with van der Waals surface area (Å²) < 4.78 is 6.97. The summed E-state index contributed by atoms with van der Waals surface area (Å²) in [7, 11) is 3.58. The molecule has 0 aliphatic rings. The molecule has 5 nitrogen and oxygen atoms in total. The van der Waals surface area contributed by atoms with Gasteiger partial charge in [0.2, 0.25) is 0 Å². The fourth-order valence-corrected chi connectivity index (χ4v) is 2.48. The van der Waals surface area contributed by atoms with E-state index in [0.717, 1.165) is 17.8 Å². The second-order valence-corrected chi connectivity index (χ2v) is 5.09. The second-order valence-electron chi connectivity index (χ2n) is 5.09. The summed E-state index contributed by atoms with van der Waals surface area (Å²) in [6.07, 6.45) is -0.468. The molecule has 0 bridgehead atoms. The lowest BCUT2D eigenvalue weighted by Crippen LogP contribution is -2.31. The Morgan fingerprint density at radius 3 is 2.85 bits per heavy atom. The minimum absolute atomic E-state index is 0.356. The highest BCUT2D eigenvalue weighted by Gasteiger charge is 2.13. The first-order chi connectivity index (χ1) is 9.65. The van der Waals surface area contributed by atoms with Crippen LogP contribution in [0, 0.1) is 0 Å². The monoisotopic (exact) mass is 277 g/mol. The quantitative estimate of drug-likeness (QED) is 0.833. The van der Waals surface area contributed by atoms with Crippen LogP contribution in [0.15, 0.2) is 24.3 Å². The van der Waals surface area contributed by atoms with Gasteiger partial charge in [0, 0.05) is 32.1 Å². The molecule has 0 saturated carbocycles. The smallest absolute Gasteiger partial charge is 0.0900 e. The van der Waals surface area contributed by atoms with Crippen molar-refractivity contribution in [2.75, 3.05) is 27.3 Å². The first kappa shape index (κ1) is 15.0. The second kappa shape index (κ2) is 6.83. The van der Waals surface area contributed by atoms with Crippen molar-refractivity contribution in [1.29, 1.82) is 0 Å². The Hall–Kier alpha value is -1.43. The van der Waals surface area contributed by atoms with Crippen molar-refractivity contribution in [3.63, 3.8) is 0 Å². The third-order valence-electron chi connectivity index (χ3n) is 3.34. The van der Waals surface area contributed by atoms with Gasteiger partial charge in [-0.3, -0.25) is 9.58 Å². The number of methoxy groups -OCH3 is 1. The Kier molecular flexibility index (Phi) is 5.11. The van der Waals surface area contributed by atoms with Crippen molar-refractivity contribution >= 4 is 10.9 Å². The molecule has 1 aromatic carbocycles. The van der Waals surface area contributed by atoms with Gasteiger partial charge >= 0.3 is 0 Å². The van der Waals surface area contributed by atoms with Gasteiger partial charge in [-0.25, -0.2) is 0 Å².